The number of fused-ring (bicyclic) bond motifs is 1. The highest BCUT2D eigenvalue weighted by molar-refractivity contribution is 7.87. The number of benzene rings is 2. The summed E-state index contributed by atoms with van der Waals surface area (Å²) in [5, 5.41) is 5.97. The molecule has 0 amide bonds. The van der Waals surface area contributed by atoms with Gasteiger partial charge in [-0.3, -0.25) is 0 Å². The molecule has 1 aliphatic heterocycles. The lowest BCUT2D eigenvalue weighted by Gasteiger charge is -2.51. The van der Waals surface area contributed by atoms with E-state index in [-0.39, 0.29) is 12.0 Å². The Labute approximate surface area is 181 Å². The topological polar surface area (TPSA) is 120 Å². The molecule has 0 aliphatic carbocycles. The number of nitrogens with zero attached hydrogens (tertiary/aromatic N) is 3. The van der Waals surface area contributed by atoms with Crippen LogP contribution in [0.2, 0.25) is 0 Å². The van der Waals surface area contributed by atoms with Crippen LogP contribution in [0.4, 0.5) is 5.82 Å². The molecule has 2 heterocycles. The van der Waals surface area contributed by atoms with E-state index in [9.17, 15) is 8.42 Å². The highest BCUT2D eigenvalue weighted by Gasteiger charge is 2.45. The Morgan fingerprint density at radius 2 is 1.77 bits per heavy atom. The summed E-state index contributed by atoms with van der Waals surface area (Å²) < 4.78 is 35.9. The number of aromatic nitrogens is 2. The van der Waals surface area contributed by atoms with Gasteiger partial charge in [0.25, 0.3) is 10.2 Å². The second kappa shape index (κ2) is 8.29. The van der Waals surface area contributed by atoms with Gasteiger partial charge in [-0.2, -0.15) is 8.42 Å². The van der Waals surface area contributed by atoms with E-state index < -0.39 is 10.2 Å². The van der Waals surface area contributed by atoms with Crippen molar-refractivity contribution in [1.82, 2.24) is 14.7 Å². The molecule has 9 nitrogen and oxygen atoms in total. The van der Waals surface area contributed by atoms with Crippen LogP contribution in [0.5, 0.6) is 11.5 Å². The Morgan fingerprint density at radius 3 is 2.42 bits per heavy atom. The first-order valence-corrected chi connectivity index (χ1v) is 11.3. The molecule has 1 aliphatic rings. The largest absolute Gasteiger partial charge is 0.493 e. The number of methoxy groups -OCH3 is 2. The van der Waals surface area contributed by atoms with Gasteiger partial charge in [-0.1, -0.05) is 30.3 Å². The zero-order chi connectivity index (χ0) is 22.1. The van der Waals surface area contributed by atoms with E-state index in [1.54, 1.807) is 14.2 Å². The zero-order valence-electron chi connectivity index (χ0n) is 17.4. The second-order valence-electron chi connectivity index (χ2n) is 7.61. The molecule has 4 rings (SSSR count). The average molecular weight is 444 g/mol. The van der Waals surface area contributed by atoms with E-state index >= 15 is 0 Å². The smallest absolute Gasteiger partial charge is 0.274 e. The maximum atomic E-state index is 11.3. The van der Waals surface area contributed by atoms with E-state index in [0.29, 0.717) is 31.0 Å². The van der Waals surface area contributed by atoms with Gasteiger partial charge in [-0.05, 0) is 18.1 Å². The van der Waals surface area contributed by atoms with Gasteiger partial charge in [-0.15, -0.1) is 0 Å². The van der Waals surface area contributed by atoms with Crippen molar-refractivity contribution in [3.8, 4) is 11.5 Å². The minimum absolute atomic E-state index is 0.215. The van der Waals surface area contributed by atoms with Crippen molar-refractivity contribution in [3.05, 3.63) is 54.4 Å². The van der Waals surface area contributed by atoms with Gasteiger partial charge >= 0.3 is 0 Å². The average Bonchev–Trinajstić information content (AvgIpc) is 2.74. The van der Waals surface area contributed by atoms with Crippen molar-refractivity contribution in [2.75, 3.05) is 38.8 Å². The predicted molar refractivity (Wildman–Crippen MR) is 119 cm³/mol. The lowest BCUT2D eigenvalue weighted by atomic mass is 9.71. The number of anilines is 1. The van der Waals surface area contributed by atoms with Crippen LogP contribution in [-0.4, -0.2) is 52.2 Å². The van der Waals surface area contributed by atoms with Gasteiger partial charge in [0.15, 0.2) is 11.5 Å². The van der Waals surface area contributed by atoms with Crippen molar-refractivity contribution in [2.45, 2.75) is 11.8 Å². The summed E-state index contributed by atoms with van der Waals surface area (Å²) >= 11 is 0. The lowest BCUT2D eigenvalue weighted by molar-refractivity contribution is 0.306. The number of hydrogen-bond acceptors (Lipinski definition) is 7. The van der Waals surface area contributed by atoms with Crippen LogP contribution >= 0.6 is 0 Å². The minimum Gasteiger partial charge on any atom is -0.493 e. The van der Waals surface area contributed by atoms with Crippen molar-refractivity contribution in [2.24, 2.45) is 5.14 Å². The molecule has 31 heavy (non-hydrogen) atoms. The van der Waals surface area contributed by atoms with Crippen LogP contribution in [-0.2, 0) is 15.6 Å². The van der Waals surface area contributed by atoms with Crippen LogP contribution < -0.4 is 24.2 Å². The third kappa shape index (κ3) is 4.27. The van der Waals surface area contributed by atoms with Crippen molar-refractivity contribution < 1.29 is 17.9 Å². The number of rotatable bonds is 8. The van der Waals surface area contributed by atoms with Crippen LogP contribution in [0, 0.1) is 0 Å². The first kappa shape index (κ1) is 21.3. The number of nitrogens with two attached hydrogens (primary N) is 1. The van der Waals surface area contributed by atoms with Crippen LogP contribution in [0.3, 0.4) is 0 Å². The fourth-order valence-corrected chi connectivity index (χ4v) is 4.55. The van der Waals surface area contributed by atoms with E-state index in [1.165, 1.54) is 6.33 Å². The van der Waals surface area contributed by atoms with Gasteiger partial charge in [0.2, 0.25) is 0 Å². The van der Waals surface area contributed by atoms with E-state index in [4.69, 9.17) is 14.6 Å². The first-order chi connectivity index (χ1) is 14.8. The zero-order valence-corrected chi connectivity index (χ0v) is 18.2. The number of ether oxygens (including phenoxy) is 2. The second-order valence-corrected chi connectivity index (χ2v) is 8.99. The van der Waals surface area contributed by atoms with Gasteiger partial charge < -0.3 is 14.4 Å². The molecule has 0 saturated carbocycles. The Morgan fingerprint density at radius 1 is 1.10 bits per heavy atom. The predicted octanol–water partition coefficient (Wildman–Crippen LogP) is 1.59. The Balaban J connectivity index is 1.64. The molecule has 1 aromatic heterocycles. The Kier molecular flexibility index (Phi) is 5.69. The quantitative estimate of drug-likeness (QED) is 0.542. The molecular weight excluding hydrogens is 418 g/mol. The van der Waals surface area contributed by atoms with Gasteiger partial charge in [0, 0.05) is 36.5 Å². The van der Waals surface area contributed by atoms with Crippen molar-refractivity contribution >= 4 is 26.9 Å². The molecule has 0 radical (unpaired) electrons. The monoisotopic (exact) mass is 443 g/mol. The standard InChI is InChI=1S/C21H25N5O4S/c1-29-18-10-16-17(11-19(18)30-2)23-14-24-20(16)26-12-21(13-26,8-9-25-31(22,27)28)15-6-4-3-5-7-15/h3-7,10-11,14,25H,8-9,12-13H2,1-2H3,(H2,22,27,28). The van der Waals surface area contributed by atoms with E-state index in [0.717, 1.165) is 22.3 Å². The van der Waals surface area contributed by atoms with E-state index in [1.807, 2.05) is 30.3 Å². The van der Waals surface area contributed by atoms with Crippen molar-refractivity contribution in [3.63, 3.8) is 0 Å². The fraction of sp³-hybridized carbons (Fsp3) is 0.333. The molecule has 0 bridgehead atoms. The number of hydrogen-bond donors (Lipinski definition) is 2. The van der Waals surface area contributed by atoms with Crippen LogP contribution in [0.25, 0.3) is 10.9 Å². The van der Waals surface area contributed by atoms with Crippen LogP contribution in [0.1, 0.15) is 12.0 Å². The molecule has 10 heteroatoms. The summed E-state index contributed by atoms with van der Waals surface area (Å²) in [7, 11) is -0.550. The Bertz CT molecular complexity index is 1180. The molecule has 0 unspecified atom stereocenters. The van der Waals surface area contributed by atoms with Crippen molar-refractivity contribution in [1.29, 1.82) is 0 Å². The Hall–Kier alpha value is -2.95. The van der Waals surface area contributed by atoms with Gasteiger partial charge in [-0.25, -0.2) is 19.8 Å². The normalized spacial score (nSPS) is 15.5. The molecule has 2 aromatic carbocycles. The molecule has 3 aromatic rings. The summed E-state index contributed by atoms with van der Waals surface area (Å²) in [5.41, 5.74) is 1.70. The van der Waals surface area contributed by atoms with Gasteiger partial charge in [0.05, 0.1) is 19.7 Å². The molecule has 164 valence electrons. The molecule has 0 atom stereocenters. The first-order valence-electron chi connectivity index (χ1n) is 9.80. The summed E-state index contributed by atoms with van der Waals surface area (Å²) in [5.74, 6) is 2.02. The van der Waals surface area contributed by atoms with Gasteiger partial charge in [0.1, 0.15) is 12.1 Å². The summed E-state index contributed by atoms with van der Waals surface area (Å²) in [4.78, 5) is 11.1. The highest BCUT2D eigenvalue weighted by atomic mass is 32.2. The number of nitrogens with one attached hydrogen (secondary N) is 1. The third-order valence-corrected chi connectivity index (χ3v) is 6.31. The maximum Gasteiger partial charge on any atom is 0.274 e. The third-order valence-electron chi connectivity index (χ3n) is 5.70. The summed E-state index contributed by atoms with van der Waals surface area (Å²) in [6.07, 6.45) is 2.15. The molecule has 3 N–H and O–H groups in total. The fourth-order valence-electron chi connectivity index (χ4n) is 4.16. The summed E-state index contributed by atoms with van der Waals surface area (Å²) in [6, 6.07) is 13.8. The molecule has 0 spiro atoms. The molecular formula is C21H25N5O4S. The SMILES string of the molecule is COc1cc2ncnc(N3CC(CCNS(N)(=O)=O)(c4ccccc4)C3)c2cc1OC. The minimum atomic E-state index is -3.73. The van der Waals surface area contributed by atoms with E-state index in [2.05, 4.69) is 31.7 Å². The maximum absolute atomic E-state index is 11.3. The molecule has 1 fully saturated rings. The lowest BCUT2D eigenvalue weighted by Crippen LogP contribution is -2.61. The molecule has 1 saturated heterocycles. The van der Waals surface area contributed by atoms with Crippen LogP contribution in [0.15, 0.2) is 48.8 Å². The summed E-state index contributed by atoms with van der Waals surface area (Å²) in [6.45, 7) is 1.63. The highest BCUT2D eigenvalue weighted by Crippen LogP contribution is 2.42.